The minimum absolute atomic E-state index is 0.146. The first-order valence-electron chi connectivity index (χ1n) is 12.7. The van der Waals surface area contributed by atoms with Crippen molar-refractivity contribution >= 4 is 27.2 Å². The lowest BCUT2D eigenvalue weighted by Gasteiger charge is -2.33. The van der Waals surface area contributed by atoms with Gasteiger partial charge in [0.25, 0.3) is 15.9 Å². The second-order valence-corrected chi connectivity index (χ2v) is 11.0. The lowest BCUT2D eigenvalue weighted by atomic mass is 9.95. The zero-order valence-electron chi connectivity index (χ0n) is 21.0. The van der Waals surface area contributed by atoms with Gasteiger partial charge >= 0.3 is 0 Å². The van der Waals surface area contributed by atoms with E-state index < -0.39 is 15.9 Å². The van der Waals surface area contributed by atoms with Gasteiger partial charge in [0.1, 0.15) is 0 Å². The van der Waals surface area contributed by atoms with Crippen molar-refractivity contribution in [1.82, 2.24) is 5.32 Å². The summed E-state index contributed by atoms with van der Waals surface area (Å²) in [7, 11) is -4.14. The number of fused-ring (bicyclic) bond motifs is 1. The number of unbranched alkanes of at least 4 members (excludes halogenated alkanes) is 1. The van der Waals surface area contributed by atoms with Gasteiger partial charge in [-0.1, -0.05) is 112 Å². The van der Waals surface area contributed by atoms with E-state index in [-0.39, 0.29) is 11.4 Å². The average Bonchev–Trinajstić information content (AvgIpc) is 2.91. The molecule has 0 saturated carbocycles. The number of rotatable bonds is 10. The first-order valence-corrected chi connectivity index (χ1v) is 14.1. The predicted molar refractivity (Wildman–Crippen MR) is 147 cm³/mol. The summed E-state index contributed by atoms with van der Waals surface area (Å²) in [5.41, 5.74) is 3.32. The molecule has 3 aromatic rings. The summed E-state index contributed by atoms with van der Waals surface area (Å²) < 4.78 is 29.8. The van der Waals surface area contributed by atoms with E-state index in [2.05, 4.69) is 19.2 Å². The molecule has 0 fully saturated rings. The van der Waals surface area contributed by atoms with E-state index in [9.17, 15) is 13.2 Å². The maximum atomic E-state index is 14.2. The Balaban J connectivity index is 1.83. The van der Waals surface area contributed by atoms with Crippen LogP contribution in [0.25, 0.3) is 5.57 Å². The molecule has 1 aliphatic rings. The Morgan fingerprint density at radius 3 is 2.19 bits per heavy atom. The Hall–Kier alpha value is -3.38. The van der Waals surface area contributed by atoms with E-state index in [4.69, 9.17) is 0 Å². The fourth-order valence-corrected chi connectivity index (χ4v) is 6.45. The first-order chi connectivity index (χ1) is 17.5. The van der Waals surface area contributed by atoms with Gasteiger partial charge in [0.05, 0.1) is 12.2 Å². The van der Waals surface area contributed by atoms with E-state index in [0.29, 0.717) is 29.3 Å². The van der Waals surface area contributed by atoms with Gasteiger partial charge in [0.15, 0.2) is 4.91 Å². The Morgan fingerprint density at radius 2 is 1.53 bits per heavy atom. The molecular formula is C30H34N2O3S. The molecule has 1 aliphatic heterocycles. The summed E-state index contributed by atoms with van der Waals surface area (Å²) in [6.45, 7) is 4.86. The minimum Gasteiger partial charge on any atom is -0.351 e. The highest BCUT2D eigenvalue weighted by Gasteiger charge is 2.41. The summed E-state index contributed by atoms with van der Waals surface area (Å²) in [5.74, 6) is -0.231. The lowest BCUT2D eigenvalue weighted by Crippen LogP contribution is -2.42. The van der Waals surface area contributed by atoms with Crippen LogP contribution < -0.4 is 9.62 Å². The molecule has 1 amide bonds. The number of sulfonamides is 1. The van der Waals surface area contributed by atoms with E-state index in [0.717, 1.165) is 36.8 Å². The number of nitrogens with one attached hydrogen (secondary N) is 1. The van der Waals surface area contributed by atoms with Crippen LogP contribution in [0.1, 0.15) is 56.2 Å². The van der Waals surface area contributed by atoms with E-state index >= 15 is 0 Å². The standard InChI is InChI=1S/C30H34N2O3S/c1-3-5-14-23(4-2)21-31-30(33)29-28(25-17-10-7-11-18-25)26-19-12-13-20-27(26)32(36(29,34)35)22-24-15-8-6-9-16-24/h6-13,15-20,23H,3-5,14,21-22H2,1-2H3,(H,31,33). The van der Waals surface area contributed by atoms with Crippen molar-refractivity contribution < 1.29 is 13.2 Å². The lowest BCUT2D eigenvalue weighted by molar-refractivity contribution is -0.117. The summed E-state index contributed by atoms with van der Waals surface area (Å²) in [6.07, 6.45) is 4.12. The van der Waals surface area contributed by atoms with Gasteiger partial charge in [-0.15, -0.1) is 0 Å². The number of hydrogen-bond acceptors (Lipinski definition) is 3. The van der Waals surface area contributed by atoms with E-state index in [1.54, 1.807) is 0 Å². The molecule has 0 aromatic heterocycles. The van der Waals surface area contributed by atoms with Crippen molar-refractivity contribution in [3.8, 4) is 0 Å². The van der Waals surface area contributed by atoms with Gasteiger partial charge in [0, 0.05) is 17.7 Å². The van der Waals surface area contributed by atoms with Gasteiger partial charge < -0.3 is 5.32 Å². The summed E-state index contributed by atoms with van der Waals surface area (Å²) in [4.78, 5) is 13.5. The molecule has 0 bridgehead atoms. The van der Waals surface area contributed by atoms with Crippen LogP contribution in [0.15, 0.2) is 89.8 Å². The van der Waals surface area contributed by atoms with Crippen LogP contribution in [-0.2, 0) is 21.4 Å². The third-order valence-electron chi connectivity index (χ3n) is 6.75. The molecule has 0 saturated heterocycles. The van der Waals surface area contributed by atoms with Crippen molar-refractivity contribution in [2.45, 2.75) is 46.1 Å². The highest BCUT2D eigenvalue weighted by atomic mass is 32.2. The SMILES string of the molecule is CCCCC(CC)CNC(=O)C1=C(c2ccccc2)c2ccccc2N(Cc2ccccc2)S1(=O)=O. The number of carbonyl (C=O) groups is 1. The molecule has 1 heterocycles. The number of anilines is 1. The zero-order valence-corrected chi connectivity index (χ0v) is 21.8. The number of carbonyl (C=O) groups excluding carboxylic acids is 1. The maximum Gasteiger partial charge on any atom is 0.270 e. The smallest absolute Gasteiger partial charge is 0.270 e. The molecule has 188 valence electrons. The number of nitrogens with zero attached hydrogens (tertiary/aromatic N) is 1. The zero-order chi connectivity index (χ0) is 25.5. The molecule has 0 aliphatic carbocycles. The van der Waals surface area contributed by atoms with Crippen LogP contribution in [0.2, 0.25) is 0 Å². The molecule has 1 unspecified atom stereocenters. The molecule has 6 heteroatoms. The fourth-order valence-electron chi connectivity index (χ4n) is 4.70. The minimum atomic E-state index is -4.14. The molecule has 1 atom stereocenters. The maximum absolute atomic E-state index is 14.2. The Morgan fingerprint density at radius 1 is 0.889 bits per heavy atom. The second kappa shape index (κ2) is 11.6. The average molecular weight is 503 g/mol. The third-order valence-corrected chi connectivity index (χ3v) is 8.56. The van der Waals surface area contributed by atoms with E-state index in [1.165, 1.54) is 4.31 Å². The largest absolute Gasteiger partial charge is 0.351 e. The topological polar surface area (TPSA) is 66.5 Å². The van der Waals surface area contributed by atoms with Gasteiger partial charge in [-0.05, 0) is 29.5 Å². The van der Waals surface area contributed by atoms with Gasteiger partial charge in [-0.2, -0.15) is 0 Å². The fraction of sp³-hybridized carbons (Fsp3) is 0.300. The van der Waals surface area contributed by atoms with Crippen LogP contribution in [0.4, 0.5) is 5.69 Å². The molecule has 3 aromatic carbocycles. The molecule has 5 nitrogen and oxygen atoms in total. The Bertz CT molecular complexity index is 1320. The van der Waals surface area contributed by atoms with Crippen LogP contribution in [0.3, 0.4) is 0 Å². The number of amides is 1. The van der Waals surface area contributed by atoms with Crippen LogP contribution in [0.5, 0.6) is 0 Å². The Kier molecular flexibility index (Phi) is 8.26. The summed E-state index contributed by atoms with van der Waals surface area (Å²) in [5, 5.41) is 2.98. The number of benzene rings is 3. The molecule has 0 radical (unpaired) electrons. The van der Waals surface area contributed by atoms with Gasteiger partial charge in [-0.3, -0.25) is 9.10 Å². The Labute approximate surface area is 214 Å². The van der Waals surface area contributed by atoms with Crippen LogP contribution in [-0.4, -0.2) is 20.9 Å². The second-order valence-electron chi connectivity index (χ2n) is 9.21. The first kappa shape index (κ1) is 25.7. The molecule has 1 N–H and O–H groups in total. The van der Waals surface area contributed by atoms with E-state index in [1.807, 2.05) is 84.9 Å². The molecular weight excluding hydrogens is 468 g/mol. The molecule has 0 spiro atoms. The monoisotopic (exact) mass is 502 g/mol. The van der Waals surface area contributed by atoms with Crippen LogP contribution >= 0.6 is 0 Å². The number of hydrogen-bond donors (Lipinski definition) is 1. The van der Waals surface area contributed by atoms with Gasteiger partial charge in [-0.25, -0.2) is 8.42 Å². The van der Waals surface area contributed by atoms with Gasteiger partial charge in [0.2, 0.25) is 0 Å². The van der Waals surface area contributed by atoms with Crippen molar-refractivity contribution in [2.75, 3.05) is 10.8 Å². The van der Waals surface area contributed by atoms with Crippen LogP contribution in [0, 0.1) is 5.92 Å². The summed E-state index contributed by atoms with van der Waals surface area (Å²) in [6, 6.07) is 26.2. The predicted octanol–water partition coefficient (Wildman–Crippen LogP) is 6.13. The number of para-hydroxylation sites is 1. The van der Waals surface area contributed by atoms with Crippen molar-refractivity contribution in [2.24, 2.45) is 5.92 Å². The van der Waals surface area contributed by atoms with Crippen molar-refractivity contribution in [3.63, 3.8) is 0 Å². The van der Waals surface area contributed by atoms with Crippen molar-refractivity contribution in [3.05, 3.63) is 107 Å². The summed E-state index contributed by atoms with van der Waals surface area (Å²) >= 11 is 0. The third kappa shape index (κ3) is 5.39. The molecule has 36 heavy (non-hydrogen) atoms. The normalized spacial score (nSPS) is 15.3. The highest BCUT2D eigenvalue weighted by Crippen LogP contribution is 2.43. The highest BCUT2D eigenvalue weighted by molar-refractivity contribution is 7.97. The molecule has 4 rings (SSSR count). The quantitative estimate of drug-likeness (QED) is 0.363. The van der Waals surface area contributed by atoms with Crippen molar-refractivity contribution in [1.29, 1.82) is 0 Å².